The zero-order valence-corrected chi connectivity index (χ0v) is 12.2. The number of rotatable bonds is 1. The van der Waals surface area contributed by atoms with Crippen LogP contribution in [0.1, 0.15) is 45.7 Å². The van der Waals surface area contributed by atoms with E-state index in [-0.39, 0.29) is 5.41 Å². The van der Waals surface area contributed by atoms with Crippen molar-refractivity contribution in [3.8, 4) is 0 Å². The van der Waals surface area contributed by atoms with E-state index in [2.05, 4.69) is 63.8 Å². The number of hydrogen-bond acceptors (Lipinski definition) is 0. The monoisotopic (exact) mass is 240 g/mol. The molecule has 0 aliphatic heterocycles. The van der Waals surface area contributed by atoms with Crippen molar-refractivity contribution in [2.45, 2.75) is 40.0 Å². The van der Waals surface area contributed by atoms with Crippen LogP contribution in [0.4, 0.5) is 0 Å². The predicted octanol–water partition coefficient (Wildman–Crippen LogP) is 5.52. The van der Waals surface area contributed by atoms with Crippen LogP contribution in [0.5, 0.6) is 0 Å². The van der Waals surface area contributed by atoms with E-state index < -0.39 is 0 Å². The molecule has 0 heterocycles. The molecule has 0 unspecified atom stereocenters. The summed E-state index contributed by atoms with van der Waals surface area (Å²) in [4.78, 5) is 0. The Kier molecular flexibility index (Phi) is 4.72. The molecule has 1 aromatic carbocycles. The summed E-state index contributed by atoms with van der Waals surface area (Å²) in [6.07, 6.45) is 6.21. The van der Waals surface area contributed by atoms with Crippen molar-refractivity contribution in [3.05, 3.63) is 65.8 Å². The van der Waals surface area contributed by atoms with Crippen LogP contribution in [-0.4, -0.2) is 0 Å². The zero-order valence-electron chi connectivity index (χ0n) is 12.2. The van der Waals surface area contributed by atoms with Crippen LogP contribution >= 0.6 is 0 Å². The van der Waals surface area contributed by atoms with Gasteiger partial charge in [-0.1, -0.05) is 76.8 Å². The molecule has 0 aromatic heterocycles. The van der Waals surface area contributed by atoms with Crippen LogP contribution in [0, 0.1) is 0 Å². The third-order valence-corrected chi connectivity index (χ3v) is 3.43. The van der Waals surface area contributed by atoms with Crippen LogP contribution in [0.15, 0.2) is 54.6 Å². The van der Waals surface area contributed by atoms with E-state index in [0.717, 1.165) is 0 Å². The third-order valence-electron chi connectivity index (χ3n) is 3.43. The van der Waals surface area contributed by atoms with Crippen molar-refractivity contribution >= 4 is 5.57 Å². The predicted molar refractivity (Wildman–Crippen MR) is 82.7 cm³/mol. The molecule has 0 saturated heterocycles. The molecule has 1 aliphatic carbocycles. The van der Waals surface area contributed by atoms with Crippen LogP contribution in [-0.2, 0) is 5.41 Å². The van der Waals surface area contributed by atoms with Gasteiger partial charge < -0.3 is 0 Å². The molecule has 0 atom stereocenters. The van der Waals surface area contributed by atoms with Gasteiger partial charge >= 0.3 is 0 Å². The van der Waals surface area contributed by atoms with Crippen LogP contribution in [0.2, 0.25) is 0 Å². The van der Waals surface area contributed by atoms with E-state index in [1.54, 1.807) is 0 Å². The smallest absolute Gasteiger partial charge is 0.0158 e. The first kappa shape index (κ1) is 14.5. The molecule has 1 aromatic rings. The lowest BCUT2D eigenvalue weighted by Crippen LogP contribution is -2.14. The number of benzene rings is 1. The Labute approximate surface area is 112 Å². The Morgan fingerprint density at radius 3 is 2.28 bits per heavy atom. The lowest BCUT2D eigenvalue weighted by atomic mass is 9.82. The first-order chi connectivity index (χ1) is 8.62. The molecular formula is C18H24. The topological polar surface area (TPSA) is 0 Å². The fourth-order valence-electron chi connectivity index (χ4n) is 2.62. The summed E-state index contributed by atoms with van der Waals surface area (Å²) in [7, 11) is 0. The highest BCUT2D eigenvalue weighted by molar-refractivity contribution is 5.89. The van der Waals surface area contributed by atoms with Gasteiger partial charge in [-0.05, 0) is 29.2 Å². The number of hydrogen-bond donors (Lipinski definition) is 0. The zero-order chi connectivity index (χ0) is 13.8. The Hall–Kier alpha value is -1.56. The quantitative estimate of drug-likeness (QED) is 0.606. The van der Waals surface area contributed by atoms with E-state index >= 15 is 0 Å². The fourth-order valence-corrected chi connectivity index (χ4v) is 2.62. The average Bonchev–Trinajstić information content (AvgIpc) is 2.62. The van der Waals surface area contributed by atoms with Crippen LogP contribution in [0.25, 0.3) is 5.57 Å². The van der Waals surface area contributed by atoms with Crippen molar-refractivity contribution in [2.24, 2.45) is 0 Å². The van der Waals surface area contributed by atoms with Crippen molar-refractivity contribution in [3.63, 3.8) is 0 Å². The summed E-state index contributed by atoms with van der Waals surface area (Å²) in [6, 6.07) is 8.65. The van der Waals surface area contributed by atoms with Gasteiger partial charge in [0.05, 0.1) is 0 Å². The van der Waals surface area contributed by atoms with E-state index in [4.69, 9.17) is 0 Å². The maximum atomic E-state index is 3.82. The van der Waals surface area contributed by atoms with Crippen molar-refractivity contribution < 1.29 is 0 Å². The molecule has 0 fully saturated rings. The molecule has 18 heavy (non-hydrogen) atoms. The molecule has 96 valence electrons. The molecule has 0 bridgehead atoms. The molecule has 1 aliphatic rings. The summed E-state index contributed by atoms with van der Waals surface area (Å²) in [5, 5.41) is 0. The van der Waals surface area contributed by atoms with Gasteiger partial charge in [0, 0.05) is 5.41 Å². The first-order valence-corrected chi connectivity index (χ1v) is 6.72. The van der Waals surface area contributed by atoms with E-state index in [1.165, 1.54) is 22.3 Å². The fraction of sp³-hybridized carbons (Fsp3) is 0.333. The molecule has 0 N–H and O–H groups in total. The van der Waals surface area contributed by atoms with Gasteiger partial charge in [-0.3, -0.25) is 0 Å². The van der Waals surface area contributed by atoms with Gasteiger partial charge in [0.25, 0.3) is 0 Å². The molecule has 0 nitrogen and oxygen atoms in total. The van der Waals surface area contributed by atoms with Gasteiger partial charge in [0.1, 0.15) is 0 Å². The molecule has 0 radical (unpaired) electrons. The lowest BCUT2D eigenvalue weighted by molar-refractivity contribution is 0.661. The summed E-state index contributed by atoms with van der Waals surface area (Å²) >= 11 is 0. The minimum atomic E-state index is 0.0899. The SMILES string of the molecule is C=C/C=C1\C(=C/C)c2ccccc2C1(C)C.CC. The lowest BCUT2D eigenvalue weighted by Gasteiger charge is -2.21. The van der Waals surface area contributed by atoms with Gasteiger partial charge in [-0.15, -0.1) is 0 Å². The average molecular weight is 240 g/mol. The van der Waals surface area contributed by atoms with Gasteiger partial charge in [-0.2, -0.15) is 0 Å². The maximum absolute atomic E-state index is 3.82. The molecule has 0 saturated carbocycles. The third kappa shape index (κ3) is 2.20. The van der Waals surface area contributed by atoms with Gasteiger partial charge in [-0.25, -0.2) is 0 Å². The van der Waals surface area contributed by atoms with Crippen molar-refractivity contribution in [1.82, 2.24) is 0 Å². The molecule has 0 heteroatoms. The second-order valence-corrected chi connectivity index (χ2v) is 4.69. The van der Waals surface area contributed by atoms with Gasteiger partial charge in [0.15, 0.2) is 0 Å². The first-order valence-electron chi connectivity index (χ1n) is 6.72. The van der Waals surface area contributed by atoms with Crippen molar-refractivity contribution in [2.75, 3.05) is 0 Å². The Balaban J connectivity index is 0.000000771. The Morgan fingerprint density at radius 1 is 1.11 bits per heavy atom. The minimum Gasteiger partial charge on any atom is -0.0991 e. The maximum Gasteiger partial charge on any atom is 0.0158 e. The van der Waals surface area contributed by atoms with Crippen LogP contribution in [0.3, 0.4) is 0 Å². The summed E-state index contributed by atoms with van der Waals surface area (Å²) in [6.45, 7) is 14.5. The van der Waals surface area contributed by atoms with E-state index in [9.17, 15) is 0 Å². The normalized spacial score (nSPS) is 20.3. The molecule has 0 amide bonds. The summed E-state index contributed by atoms with van der Waals surface area (Å²) in [5.74, 6) is 0. The number of fused-ring (bicyclic) bond motifs is 1. The minimum absolute atomic E-state index is 0.0899. The van der Waals surface area contributed by atoms with E-state index in [1.807, 2.05) is 19.9 Å². The summed E-state index contributed by atoms with van der Waals surface area (Å²) in [5.41, 5.74) is 5.58. The Bertz CT molecular complexity index is 485. The summed E-state index contributed by atoms with van der Waals surface area (Å²) < 4.78 is 0. The van der Waals surface area contributed by atoms with Crippen LogP contribution < -0.4 is 0 Å². The van der Waals surface area contributed by atoms with Crippen molar-refractivity contribution in [1.29, 1.82) is 0 Å². The van der Waals surface area contributed by atoms with E-state index in [0.29, 0.717) is 0 Å². The highest BCUT2D eigenvalue weighted by Gasteiger charge is 2.36. The second kappa shape index (κ2) is 5.86. The number of allylic oxidation sites excluding steroid dienone is 5. The highest BCUT2D eigenvalue weighted by atomic mass is 14.4. The Morgan fingerprint density at radius 2 is 1.72 bits per heavy atom. The standard InChI is InChI=1S/C16H18.C2H6/c1-5-9-14-12(6-2)13-10-7-8-11-15(13)16(14,3)4;1-2/h5-11H,1H2,2-4H3;1-2H3/b12-6-,14-9+;. The highest BCUT2D eigenvalue weighted by Crippen LogP contribution is 2.49. The largest absolute Gasteiger partial charge is 0.0991 e. The van der Waals surface area contributed by atoms with Gasteiger partial charge in [0.2, 0.25) is 0 Å². The molecule has 2 rings (SSSR count). The molecule has 0 spiro atoms. The molecular weight excluding hydrogens is 216 g/mol. The second-order valence-electron chi connectivity index (χ2n) is 4.69.